The van der Waals surface area contributed by atoms with Gasteiger partial charge in [0.1, 0.15) is 6.54 Å². The van der Waals surface area contributed by atoms with E-state index < -0.39 is 17.1 Å². The molecule has 0 saturated carbocycles. The van der Waals surface area contributed by atoms with Crippen LogP contribution in [-0.4, -0.2) is 28.5 Å². The van der Waals surface area contributed by atoms with Crippen LogP contribution in [0.1, 0.15) is 16.0 Å². The van der Waals surface area contributed by atoms with Gasteiger partial charge in [0.2, 0.25) is 5.91 Å². The molecule has 0 bridgehead atoms. The van der Waals surface area contributed by atoms with Crippen LogP contribution in [0.15, 0.2) is 40.6 Å². The molecule has 0 radical (unpaired) electrons. The van der Waals surface area contributed by atoms with E-state index in [1.54, 1.807) is 12.1 Å². The fraction of sp³-hybridized carbons (Fsp3) is 0.167. The molecule has 1 aromatic carbocycles. The van der Waals surface area contributed by atoms with E-state index in [1.807, 2.05) is 43.5 Å². The molecule has 1 aliphatic rings. The molecule has 1 saturated heterocycles. The molecule has 0 aliphatic carbocycles. The van der Waals surface area contributed by atoms with Gasteiger partial charge in [0.25, 0.3) is 11.1 Å². The number of carbonyl (C=O) groups excluding carboxylic acids is 3. The first-order chi connectivity index (χ1) is 12.0. The maximum Gasteiger partial charge on any atom is 0.294 e. The number of nitrogens with one attached hydrogen (secondary N) is 1. The zero-order valence-corrected chi connectivity index (χ0v) is 15.4. The number of aryl methyl sites for hydroxylation is 1. The number of anilines is 1. The first kappa shape index (κ1) is 17.4. The summed E-state index contributed by atoms with van der Waals surface area (Å²) in [5.74, 6) is -0.826. The lowest BCUT2D eigenvalue weighted by Gasteiger charge is -2.14. The molecule has 2 heterocycles. The van der Waals surface area contributed by atoms with Crippen LogP contribution in [0.5, 0.6) is 0 Å². The van der Waals surface area contributed by atoms with Gasteiger partial charge in [-0.05, 0) is 60.3 Å². The van der Waals surface area contributed by atoms with Crippen molar-refractivity contribution in [3.8, 4) is 0 Å². The molecule has 1 fully saturated rings. The Bertz CT molecular complexity index is 872. The predicted octanol–water partition coefficient (Wildman–Crippen LogP) is 4.04. The lowest BCUT2D eigenvalue weighted by molar-refractivity contribution is -0.127. The molecule has 0 unspecified atom stereocenters. The van der Waals surface area contributed by atoms with Crippen molar-refractivity contribution >= 4 is 51.9 Å². The van der Waals surface area contributed by atoms with Gasteiger partial charge < -0.3 is 5.32 Å². The molecule has 1 N–H and O–H groups in total. The average molecular weight is 372 g/mol. The SMILES string of the molecule is Cc1cccc(NC(=O)CN2C(=O)S/C(=C\c3cccs3)C2=O)c1C. The molecule has 128 valence electrons. The first-order valence-electron chi connectivity index (χ1n) is 7.60. The smallest absolute Gasteiger partial charge is 0.294 e. The third kappa shape index (κ3) is 3.83. The minimum atomic E-state index is -0.431. The van der Waals surface area contributed by atoms with Gasteiger partial charge in [0.05, 0.1) is 4.91 Å². The van der Waals surface area contributed by atoms with Crippen molar-refractivity contribution in [2.24, 2.45) is 0 Å². The molecule has 3 amide bonds. The van der Waals surface area contributed by atoms with Crippen molar-refractivity contribution in [1.82, 2.24) is 4.90 Å². The molecule has 5 nitrogen and oxygen atoms in total. The highest BCUT2D eigenvalue weighted by atomic mass is 32.2. The van der Waals surface area contributed by atoms with E-state index in [-0.39, 0.29) is 6.54 Å². The van der Waals surface area contributed by atoms with E-state index in [0.29, 0.717) is 10.6 Å². The largest absolute Gasteiger partial charge is 0.324 e. The normalized spacial score (nSPS) is 15.9. The van der Waals surface area contributed by atoms with Gasteiger partial charge in [0.15, 0.2) is 0 Å². The number of imide groups is 1. The number of thiophene rings is 1. The minimum absolute atomic E-state index is 0.292. The Kier molecular flexibility index (Phi) is 5.06. The molecule has 0 spiro atoms. The topological polar surface area (TPSA) is 66.5 Å². The van der Waals surface area contributed by atoms with Crippen molar-refractivity contribution < 1.29 is 14.4 Å². The van der Waals surface area contributed by atoms with Crippen LogP contribution in [0.3, 0.4) is 0 Å². The van der Waals surface area contributed by atoms with Gasteiger partial charge in [-0.25, -0.2) is 0 Å². The number of carbonyl (C=O) groups is 3. The molecular weight excluding hydrogens is 356 g/mol. The van der Waals surface area contributed by atoms with E-state index in [0.717, 1.165) is 32.7 Å². The Morgan fingerprint density at radius 1 is 1.20 bits per heavy atom. The van der Waals surface area contributed by atoms with Crippen molar-refractivity contribution in [2.75, 3.05) is 11.9 Å². The highest BCUT2D eigenvalue weighted by Gasteiger charge is 2.36. The summed E-state index contributed by atoms with van der Waals surface area (Å²) in [4.78, 5) is 38.9. The third-order valence-electron chi connectivity index (χ3n) is 3.87. The Morgan fingerprint density at radius 3 is 2.72 bits per heavy atom. The number of nitrogens with zero attached hydrogens (tertiary/aromatic N) is 1. The Morgan fingerprint density at radius 2 is 2.00 bits per heavy atom. The predicted molar refractivity (Wildman–Crippen MR) is 102 cm³/mol. The monoisotopic (exact) mass is 372 g/mol. The Hall–Kier alpha value is -2.38. The number of hydrogen-bond donors (Lipinski definition) is 1. The van der Waals surface area contributed by atoms with Crippen molar-refractivity contribution in [3.05, 3.63) is 56.6 Å². The van der Waals surface area contributed by atoms with Crippen LogP contribution in [0.4, 0.5) is 10.5 Å². The second-order valence-electron chi connectivity index (χ2n) is 5.58. The zero-order valence-electron chi connectivity index (χ0n) is 13.7. The second-order valence-corrected chi connectivity index (χ2v) is 7.55. The summed E-state index contributed by atoms with van der Waals surface area (Å²) in [6.45, 7) is 3.57. The highest BCUT2D eigenvalue weighted by molar-refractivity contribution is 8.18. The molecule has 3 rings (SSSR count). The number of rotatable bonds is 4. The van der Waals surface area contributed by atoms with E-state index in [4.69, 9.17) is 0 Å². The standard InChI is InChI=1S/C18H16N2O3S2/c1-11-5-3-7-14(12(11)2)19-16(21)10-20-17(22)15(25-18(20)23)9-13-6-4-8-24-13/h3-9H,10H2,1-2H3,(H,19,21)/b15-9-. The second kappa shape index (κ2) is 7.25. The lowest BCUT2D eigenvalue weighted by Crippen LogP contribution is -2.36. The van der Waals surface area contributed by atoms with Crippen LogP contribution in [0, 0.1) is 13.8 Å². The first-order valence-corrected chi connectivity index (χ1v) is 9.30. The molecule has 2 aromatic rings. The van der Waals surface area contributed by atoms with Gasteiger partial charge in [-0.2, -0.15) is 0 Å². The maximum absolute atomic E-state index is 12.4. The molecule has 1 aromatic heterocycles. The summed E-state index contributed by atoms with van der Waals surface area (Å²) in [7, 11) is 0. The number of benzene rings is 1. The Balaban J connectivity index is 1.70. The van der Waals surface area contributed by atoms with E-state index >= 15 is 0 Å². The summed E-state index contributed by atoms with van der Waals surface area (Å²) in [6, 6.07) is 9.34. The summed E-state index contributed by atoms with van der Waals surface area (Å²) < 4.78 is 0. The van der Waals surface area contributed by atoms with E-state index in [2.05, 4.69) is 5.32 Å². The summed E-state index contributed by atoms with van der Waals surface area (Å²) in [5, 5.41) is 4.24. The van der Waals surface area contributed by atoms with Gasteiger partial charge in [-0.15, -0.1) is 11.3 Å². The summed E-state index contributed by atoms with van der Waals surface area (Å²) >= 11 is 2.34. The molecular formula is C18H16N2O3S2. The molecule has 0 atom stereocenters. The quantitative estimate of drug-likeness (QED) is 0.823. The number of hydrogen-bond acceptors (Lipinski definition) is 5. The highest BCUT2D eigenvalue weighted by Crippen LogP contribution is 2.32. The molecule has 25 heavy (non-hydrogen) atoms. The van der Waals surface area contributed by atoms with Crippen molar-refractivity contribution in [3.63, 3.8) is 0 Å². The Labute approximate surface area is 153 Å². The van der Waals surface area contributed by atoms with E-state index in [9.17, 15) is 14.4 Å². The van der Waals surface area contributed by atoms with Crippen LogP contribution in [0.2, 0.25) is 0 Å². The lowest BCUT2D eigenvalue weighted by atomic mass is 10.1. The van der Waals surface area contributed by atoms with E-state index in [1.165, 1.54) is 11.3 Å². The minimum Gasteiger partial charge on any atom is -0.324 e. The van der Waals surface area contributed by atoms with Crippen LogP contribution in [0.25, 0.3) is 6.08 Å². The van der Waals surface area contributed by atoms with Gasteiger partial charge in [-0.3, -0.25) is 19.3 Å². The number of amides is 3. The average Bonchev–Trinajstić information content (AvgIpc) is 3.16. The number of thioether (sulfide) groups is 1. The third-order valence-corrected chi connectivity index (χ3v) is 5.60. The molecule has 1 aliphatic heterocycles. The van der Waals surface area contributed by atoms with Crippen LogP contribution < -0.4 is 5.32 Å². The van der Waals surface area contributed by atoms with Crippen LogP contribution >= 0.6 is 23.1 Å². The van der Waals surface area contributed by atoms with Gasteiger partial charge >= 0.3 is 0 Å². The van der Waals surface area contributed by atoms with Gasteiger partial charge in [0, 0.05) is 10.6 Å². The molecule has 7 heteroatoms. The fourth-order valence-corrected chi connectivity index (χ4v) is 3.92. The maximum atomic E-state index is 12.4. The van der Waals surface area contributed by atoms with Crippen LogP contribution in [-0.2, 0) is 9.59 Å². The summed E-state index contributed by atoms with van der Waals surface area (Å²) in [5.41, 5.74) is 2.71. The van der Waals surface area contributed by atoms with Crippen molar-refractivity contribution in [1.29, 1.82) is 0 Å². The fourth-order valence-electron chi connectivity index (χ4n) is 2.36. The van der Waals surface area contributed by atoms with Crippen molar-refractivity contribution in [2.45, 2.75) is 13.8 Å². The zero-order chi connectivity index (χ0) is 18.0. The van der Waals surface area contributed by atoms with Gasteiger partial charge in [-0.1, -0.05) is 18.2 Å². The summed E-state index contributed by atoms with van der Waals surface area (Å²) in [6.07, 6.45) is 1.68.